The van der Waals surface area contributed by atoms with Crippen molar-refractivity contribution in [1.82, 2.24) is 0 Å². The Balaban J connectivity index is 1.81. The SMILES string of the molecule is CCN(CCCOc1cccc(N)c1)c1cccc(C)c1. The van der Waals surface area contributed by atoms with Crippen LogP contribution in [0.3, 0.4) is 0 Å². The standard InChI is InChI=1S/C18H24N2O/c1-3-20(17-9-4-7-15(2)13-17)11-6-12-21-18-10-5-8-16(19)14-18/h4-5,7-10,13-14H,3,6,11-12,19H2,1-2H3. The second kappa shape index (κ2) is 7.58. The average Bonchev–Trinajstić information content (AvgIpc) is 2.47. The molecule has 0 atom stereocenters. The molecular formula is C18H24N2O. The third kappa shape index (κ3) is 4.71. The van der Waals surface area contributed by atoms with Crippen molar-refractivity contribution in [3.63, 3.8) is 0 Å². The lowest BCUT2D eigenvalue weighted by atomic mass is 10.2. The summed E-state index contributed by atoms with van der Waals surface area (Å²) < 4.78 is 5.73. The van der Waals surface area contributed by atoms with Gasteiger partial charge in [-0.25, -0.2) is 0 Å². The molecule has 0 spiro atoms. The first-order valence-corrected chi connectivity index (χ1v) is 7.49. The molecule has 0 fully saturated rings. The minimum Gasteiger partial charge on any atom is -0.493 e. The lowest BCUT2D eigenvalue weighted by molar-refractivity contribution is 0.312. The Morgan fingerprint density at radius 3 is 2.62 bits per heavy atom. The van der Waals surface area contributed by atoms with Crippen molar-refractivity contribution in [2.45, 2.75) is 20.3 Å². The molecule has 0 heterocycles. The van der Waals surface area contributed by atoms with Gasteiger partial charge in [0.25, 0.3) is 0 Å². The van der Waals surface area contributed by atoms with E-state index in [4.69, 9.17) is 10.5 Å². The van der Waals surface area contributed by atoms with Crippen molar-refractivity contribution in [2.24, 2.45) is 0 Å². The van der Waals surface area contributed by atoms with Gasteiger partial charge in [0, 0.05) is 30.5 Å². The smallest absolute Gasteiger partial charge is 0.121 e. The minimum absolute atomic E-state index is 0.700. The topological polar surface area (TPSA) is 38.5 Å². The molecule has 3 heteroatoms. The quantitative estimate of drug-likeness (QED) is 0.619. The van der Waals surface area contributed by atoms with Crippen molar-refractivity contribution < 1.29 is 4.74 Å². The first-order valence-electron chi connectivity index (χ1n) is 7.49. The monoisotopic (exact) mass is 284 g/mol. The molecule has 2 rings (SSSR count). The maximum Gasteiger partial charge on any atom is 0.121 e. The van der Waals surface area contributed by atoms with Crippen LogP contribution in [-0.4, -0.2) is 19.7 Å². The van der Waals surface area contributed by atoms with Gasteiger partial charge >= 0.3 is 0 Å². The second-order valence-corrected chi connectivity index (χ2v) is 5.19. The number of nitrogens with zero attached hydrogens (tertiary/aromatic N) is 1. The molecule has 0 aromatic heterocycles. The Morgan fingerprint density at radius 2 is 1.90 bits per heavy atom. The molecule has 112 valence electrons. The van der Waals surface area contributed by atoms with Crippen LogP contribution in [-0.2, 0) is 0 Å². The molecule has 2 aromatic rings. The highest BCUT2D eigenvalue weighted by Crippen LogP contribution is 2.17. The highest BCUT2D eigenvalue weighted by atomic mass is 16.5. The second-order valence-electron chi connectivity index (χ2n) is 5.19. The molecule has 2 aromatic carbocycles. The molecule has 0 aliphatic rings. The number of benzene rings is 2. The number of rotatable bonds is 7. The summed E-state index contributed by atoms with van der Waals surface area (Å²) in [5, 5.41) is 0. The van der Waals surface area contributed by atoms with Gasteiger partial charge in [-0.2, -0.15) is 0 Å². The van der Waals surface area contributed by atoms with E-state index in [1.54, 1.807) is 0 Å². The van der Waals surface area contributed by atoms with Crippen molar-refractivity contribution >= 4 is 11.4 Å². The van der Waals surface area contributed by atoms with Crippen molar-refractivity contribution in [3.05, 3.63) is 54.1 Å². The molecule has 0 saturated carbocycles. The van der Waals surface area contributed by atoms with Crippen LogP contribution in [0.2, 0.25) is 0 Å². The third-order valence-electron chi connectivity index (χ3n) is 3.45. The van der Waals surface area contributed by atoms with Crippen LogP contribution in [0.5, 0.6) is 5.75 Å². The average molecular weight is 284 g/mol. The molecule has 3 nitrogen and oxygen atoms in total. The highest BCUT2D eigenvalue weighted by Gasteiger charge is 2.04. The van der Waals surface area contributed by atoms with Crippen LogP contribution in [0.25, 0.3) is 0 Å². The Morgan fingerprint density at radius 1 is 1.10 bits per heavy atom. The van der Waals surface area contributed by atoms with Gasteiger partial charge in [-0.05, 0) is 50.1 Å². The summed E-state index contributed by atoms with van der Waals surface area (Å²) in [5.74, 6) is 0.841. The molecular weight excluding hydrogens is 260 g/mol. The first-order chi connectivity index (χ1) is 10.2. The zero-order valence-corrected chi connectivity index (χ0v) is 12.9. The normalized spacial score (nSPS) is 10.4. The summed E-state index contributed by atoms with van der Waals surface area (Å²) in [6, 6.07) is 16.2. The Hall–Kier alpha value is -2.16. The summed E-state index contributed by atoms with van der Waals surface area (Å²) in [7, 11) is 0. The van der Waals surface area contributed by atoms with E-state index in [0.717, 1.165) is 30.9 Å². The lowest BCUT2D eigenvalue weighted by Crippen LogP contribution is -2.25. The number of hydrogen-bond donors (Lipinski definition) is 1. The lowest BCUT2D eigenvalue weighted by Gasteiger charge is -2.23. The Kier molecular flexibility index (Phi) is 5.50. The van der Waals surface area contributed by atoms with Crippen molar-refractivity contribution in [1.29, 1.82) is 0 Å². The molecule has 2 N–H and O–H groups in total. The maximum absolute atomic E-state index is 5.73. The van der Waals surface area contributed by atoms with Crippen LogP contribution in [0.4, 0.5) is 11.4 Å². The van der Waals surface area contributed by atoms with E-state index in [9.17, 15) is 0 Å². The molecule has 0 radical (unpaired) electrons. The number of hydrogen-bond acceptors (Lipinski definition) is 3. The zero-order valence-electron chi connectivity index (χ0n) is 12.9. The Bertz CT molecular complexity index is 569. The molecule has 21 heavy (non-hydrogen) atoms. The van der Waals surface area contributed by atoms with Gasteiger partial charge in [0.05, 0.1) is 6.61 Å². The van der Waals surface area contributed by atoms with Crippen LogP contribution in [0, 0.1) is 6.92 Å². The van der Waals surface area contributed by atoms with Gasteiger partial charge in [0.1, 0.15) is 5.75 Å². The molecule has 0 saturated heterocycles. The predicted molar refractivity (Wildman–Crippen MR) is 90.0 cm³/mol. The van der Waals surface area contributed by atoms with E-state index < -0.39 is 0 Å². The van der Waals surface area contributed by atoms with E-state index in [1.807, 2.05) is 24.3 Å². The third-order valence-corrected chi connectivity index (χ3v) is 3.45. The fourth-order valence-electron chi connectivity index (χ4n) is 2.34. The number of ether oxygens (including phenoxy) is 1. The molecule has 0 bridgehead atoms. The summed E-state index contributed by atoms with van der Waals surface area (Å²) >= 11 is 0. The van der Waals surface area contributed by atoms with E-state index in [0.29, 0.717) is 6.61 Å². The fraction of sp³-hybridized carbons (Fsp3) is 0.333. The van der Waals surface area contributed by atoms with Crippen LogP contribution in [0.15, 0.2) is 48.5 Å². The predicted octanol–water partition coefficient (Wildman–Crippen LogP) is 3.87. The maximum atomic E-state index is 5.73. The number of nitrogen functional groups attached to an aromatic ring is 1. The van der Waals surface area contributed by atoms with Gasteiger partial charge in [-0.3, -0.25) is 0 Å². The largest absolute Gasteiger partial charge is 0.493 e. The van der Waals surface area contributed by atoms with Crippen LogP contribution in [0.1, 0.15) is 18.9 Å². The number of aryl methyl sites for hydroxylation is 1. The van der Waals surface area contributed by atoms with E-state index in [1.165, 1.54) is 11.3 Å². The molecule has 0 unspecified atom stereocenters. The fourth-order valence-corrected chi connectivity index (χ4v) is 2.34. The highest BCUT2D eigenvalue weighted by molar-refractivity contribution is 5.48. The molecule has 0 aliphatic heterocycles. The van der Waals surface area contributed by atoms with Crippen molar-refractivity contribution in [2.75, 3.05) is 30.3 Å². The summed E-state index contributed by atoms with van der Waals surface area (Å²) in [5.41, 5.74) is 9.05. The van der Waals surface area contributed by atoms with Crippen LogP contribution < -0.4 is 15.4 Å². The number of anilines is 2. The zero-order chi connectivity index (χ0) is 15.1. The molecule has 0 aliphatic carbocycles. The Labute approximate surface area is 127 Å². The molecule has 0 amide bonds. The van der Waals surface area contributed by atoms with E-state index >= 15 is 0 Å². The van der Waals surface area contributed by atoms with E-state index in [-0.39, 0.29) is 0 Å². The first kappa shape index (κ1) is 15.2. The minimum atomic E-state index is 0.700. The van der Waals surface area contributed by atoms with Gasteiger partial charge in [-0.1, -0.05) is 18.2 Å². The van der Waals surface area contributed by atoms with Crippen molar-refractivity contribution in [3.8, 4) is 5.75 Å². The van der Waals surface area contributed by atoms with E-state index in [2.05, 4.69) is 43.0 Å². The summed E-state index contributed by atoms with van der Waals surface area (Å²) in [6.45, 7) is 7.00. The van der Waals surface area contributed by atoms with Crippen LogP contribution >= 0.6 is 0 Å². The summed E-state index contributed by atoms with van der Waals surface area (Å²) in [6.07, 6.45) is 0.983. The van der Waals surface area contributed by atoms with Gasteiger partial charge < -0.3 is 15.4 Å². The number of nitrogens with two attached hydrogens (primary N) is 1. The van der Waals surface area contributed by atoms with Gasteiger partial charge in [0.15, 0.2) is 0 Å². The van der Waals surface area contributed by atoms with Gasteiger partial charge in [0.2, 0.25) is 0 Å². The van der Waals surface area contributed by atoms with Gasteiger partial charge in [-0.15, -0.1) is 0 Å². The summed E-state index contributed by atoms with van der Waals surface area (Å²) in [4.78, 5) is 2.37.